The molecule has 2 heteroatoms. The number of para-hydroxylation sites is 1. The van der Waals surface area contributed by atoms with E-state index in [4.69, 9.17) is 0 Å². The van der Waals surface area contributed by atoms with E-state index in [0.29, 0.717) is 5.92 Å². The quantitative estimate of drug-likeness (QED) is 0.735. The summed E-state index contributed by atoms with van der Waals surface area (Å²) in [5, 5.41) is 3.30. The lowest BCUT2D eigenvalue weighted by atomic mass is 9.85. The minimum atomic E-state index is 0.130. The lowest BCUT2D eigenvalue weighted by Gasteiger charge is -2.27. The van der Waals surface area contributed by atoms with Crippen LogP contribution >= 0.6 is 0 Å². The molecule has 0 fully saturated rings. The van der Waals surface area contributed by atoms with Gasteiger partial charge in [0.25, 0.3) is 0 Å². The van der Waals surface area contributed by atoms with Crippen LogP contribution in [0.2, 0.25) is 0 Å². The zero-order valence-corrected chi connectivity index (χ0v) is 8.58. The van der Waals surface area contributed by atoms with E-state index in [0.717, 1.165) is 17.8 Å². The highest BCUT2D eigenvalue weighted by Gasteiger charge is 2.28. The van der Waals surface area contributed by atoms with Crippen molar-refractivity contribution in [3.63, 3.8) is 0 Å². The first-order chi connectivity index (χ1) is 6.70. The van der Waals surface area contributed by atoms with Crippen LogP contribution in [0, 0.1) is 11.8 Å². The molecule has 0 aliphatic carbocycles. The summed E-state index contributed by atoms with van der Waals surface area (Å²) in [7, 11) is 0. The molecule has 0 saturated heterocycles. The first kappa shape index (κ1) is 9.25. The van der Waals surface area contributed by atoms with Crippen LogP contribution in [0.1, 0.15) is 24.2 Å². The number of Topliss-reactive ketones (excluding diaryl/α,β-unsaturated/α-hetero) is 1. The van der Waals surface area contributed by atoms with Gasteiger partial charge in [0.15, 0.2) is 5.78 Å². The largest absolute Gasteiger partial charge is 0.384 e. The molecule has 1 aliphatic heterocycles. The van der Waals surface area contributed by atoms with Crippen LogP contribution in [-0.2, 0) is 0 Å². The molecule has 0 radical (unpaired) electrons. The van der Waals surface area contributed by atoms with Gasteiger partial charge in [-0.2, -0.15) is 0 Å². The van der Waals surface area contributed by atoms with E-state index >= 15 is 0 Å². The fourth-order valence-electron chi connectivity index (χ4n) is 1.90. The number of carbonyl (C=O) groups is 1. The van der Waals surface area contributed by atoms with Crippen molar-refractivity contribution in [2.45, 2.75) is 13.8 Å². The van der Waals surface area contributed by atoms with Crippen LogP contribution in [-0.4, -0.2) is 12.3 Å². The second-order valence-electron chi connectivity index (χ2n) is 4.14. The van der Waals surface area contributed by atoms with Crippen molar-refractivity contribution in [1.29, 1.82) is 0 Å². The molecule has 1 heterocycles. The van der Waals surface area contributed by atoms with Crippen molar-refractivity contribution in [2.24, 2.45) is 11.8 Å². The Kier molecular flexibility index (Phi) is 2.28. The second kappa shape index (κ2) is 3.45. The first-order valence-corrected chi connectivity index (χ1v) is 5.07. The van der Waals surface area contributed by atoms with E-state index in [1.165, 1.54) is 0 Å². The smallest absolute Gasteiger partial charge is 0.170 e. The number of hydrogen-bond acceptors (Lipinski definition) is 2. The van der Waals surface area contributed by atoms with E-state index in [-0.39, 0.29) is 11.7 Å². The van der Waals surface area contributed by atoms with E-state index in [9.17, 15) is 4.79 Å². The third kappa shape index (κ3) is 1.41. The van der Waals surface area contributed by atoms with E-state index in [2.05, 4.69) is 19.2 Å². The van der Waals surface area contributed by atoms with Gasteiger partial charge in [-0.25, -0.2) is 0 Å². The average molecular weight is 189 g/mol. The lowest BCUT2D eigenvalue weighted by Crippen LogP contribution is -2.33. The lowest BCUT2D eigenvalue weighted by molar-refractivity contribution is 0.0890. The van der Waals surface area contributed by atoms with Gasteiger partial charge >= 0.3 is 0 Å². The van der Waals surface area contributed by atoms with Crippen LogP contribution < -0.4 is 5.32 Å². The summed E-state index contributed by atoms with van der Waals surface area (Å²) in [6.45, 7) is 4.96. The molecule has 1 aromatic rings. The first-order valence-electron chi connectivity index (χ1n) is 5.07. The average Bonchev–Trinajstić information content (AvgIpc) is 2.18. The number of benzene rings is 1. The fraction of sp³-hybridized carbons (Fsp3) is 0.417. The molecule has 0 saturated carbocycles. The summed E-state index contributed by atoms with van der Waals surface area (Å²) in [6, 6.07) is 7.74. The van der Waals surface area contributed by atoms with Gasteiger partial charge in [0.1, 0.15) is 0 Å². The number of ketones is 1. The van der Waals surface area contributed by atoms with Crippen molar-refractivity contribution in [1.82, 2.24) is 0 Å². The Balaban J connectivity index is 2.37. The van der Waals surface area contributed by atoms with Crippen LogP contribution in [0.3, 0.4) is 0 Å². The molecule has 2 rings (SSSR count). The third-order valence-electron chi connectivity index (χ3n) is 2.85. The molecule has 0 amide bonds. The van der Waals surface area contributed by atoms with Crippen LogP contribution in [0.25, 0.3) is 0 Å². The normalized spacial score (nSPS) is 20.5. The van der Waals surface area contributed by atoms with Crippen molar-refractivity contribution >= 4 is 11.5 Å². The molecular weight excluding hydrogens is 174 g/mol. The maximum atomic E-state index is 12.0. The summed E-state index contributed by atoms with van der Waals surface area (Å²) in [4.78, 5) is 12.0. The standard InChI is InChI=1S/C12H15NO/c1-8(2)10-7-13-11-6-4-3-5-9(11)12(10)14/h3-6,8,10,13H,7H2,1-2H3. The predicted octanol–water partition coefficient (Wildman–Crippen LogP) is 2.57. The minimum Gasteiger partial charge on any atom is -0.384 e. The fourth-order valence-corrected chi connectivity index (χ4v) is 1.90. The maximum Gasteiger partial charge on any atom is 0.170 e. The number of fused-ring (bicyclic) bond motifs is 1. The van der Waals surface area contributed by atoms with Gasteiger partial charge in [-0.05, 0) is 18.1 Å². The summed E-state index contributed by atoms with van der Waals surface area (Å²) >= 11 is 0. The molecule has 0 bridgehead atoms. The van der Waals surface area contributed by atoms with Crippen molar-refractivity contribution < 1.29 is 4.79 Å². The van der Waals surface area contributed by atoms with Gasteiger partial charge in [0.2, 0.25) is 0 Å². The SMILES string of the molecule is CC(C)C1CNc2ccccc2C1=O. The molecule has 2 nitrogen and oxygen atoms in total. The van der Waals surface area contributed by atoms with E-state index in [1.807, 2.05) is 24.3 Å². The summed E-state index contributed by atoms with van der Waals surface area (Å²) in [5.74, 6) is 0.822. The number of hydrogen-bond donors (Lipinski definition) is 1. The highest BCUT2D eigenvalue weighted by Crippen LogP contribution is 2.27. The Morgan fingerprint density at radius 1 is 1.36 bits per heavy atom. The molecule has 1 aromatic carbocycles. The van der Waals surface area contributed by atoms with Gasteiger partial charge in [-0.15, -0.1) is 0 Å². The second-order valence-corrected chi connectivity index (χ2v) is 4.14. The zero-order chi connectivity index (χ0) is 10.1. The Morgan fingerprint density at radius 2 is 2.07 bits per heavy atom. The third-order valence-corrected chi connectivity index (χ3v) is 2.85. The van der Waals surface area contributed by atoms with E-state index in [1.54, 1.807) is 0 Å². The molecule has 1 aliphatic rings. The molecule has 1 atom stereocenters. The Morgan fingerprint density at radius 3 is 2.79 bits per heavy atom. The van der Waals surface area contributed by atoms with Gasteiger partial charge in [-0.3, -0.25) is 4.79 Å². The van der Waals surface area contributed by atoms with Crippen molar-refractivity contribution in [2.75, 3.05) is 11.9 Å². The maximum absolute atomic E-state index is 12.0. The summed E-state index contributed by atoms with van der Waals surface area (Å²) < 4.78 is 0. The molecule has 1 unspecified atom stereocenters. The minimum absolute atomic E-state index is 0.130. The number of nitrogens with one attached hydrogen (secondary N) is 1. The molecule has 0 aromatic heterocycles. The molecule has 14 heavy (non-hydrogen) atoms. The number of carbonyl (C=O) groups excluding carboxylic acids is 1. The summed E-state index contributed by atoms with van der Waals surface area (Å²) in [6.07, 6.45) is 0. The molecule has 74 valence electrons. The molecule has 1 N–H and O–H groups in total. The van der Waals surface area contributed by atoms with Gasteiger partial charge in [0, 0.05) is 23.7 Å². The number of rotatable bonds is 1. The Bertz CT molecular complexity index is 357. The monoisotopic (exact) mass is 189 g/mol. The highest BCUT2D eigenvalue weighted by molar-refractivity contribution is 6.04. The Labute approximate surface area is 84.3 Å². The predicted molar refractivity (Wildman–Crippen MR) is 57.6 cm³/mol. The van der Waals surface area contributed by atoms with Crippen LogP contribution in [0.4, 0.5) is 5.69 Å². The Hall–Kier alpha value is -1.31. The highest BCUT2D eigenvalue weighted by atomic mass is 16.1. The summed E-state index contributed by atoms with van der Waals surface area (Å²) in [5.41, 5.74) is 1.83. The zero-order valence-electron chi connectivity index (χ0n) is 8.58. The van der Waals surface area contributed by atoms with Crippen molar-refractivity contribution in [3.05, 3.63) is 29.8 Å². The molecule has 0 spiro atoms. The van der Waals surface area contributed by atoms with Crippen LogP contribution in [0.15, 0.2) is 24.3 Å². The van der Waals surface area contributed by atoms with E-state index < -0.39 is 0 Å². The molecular formula is C12H15NO. The van der Waals surface area contributed by atoms with Crippen molar-refractivity contribution in [3.8, 4) is 0 Å². The van der Waals surface area contributed by atoms with Gasteiger partial charge < -0.3 is 5.32 Å². The van der Waals surface area contributed by atoms with Gasteiger partial charge in [0.05, 0.1) is 0 Å². The number of anilines is 1. The van der Waals surface area contributed by atoms with Gasteiger partial charge in [-0.1, -0.05) is 26.0 Å². The van der Waals surface area contributed by atoms with Crippen LogP contribution in [0.5, 0.6) is 0 Å². The topological polar surface area (TPSA) is 29.1 Å².